The number of amides is 2. The van der Waals surface area contributed by atoms with Crippen LogP contribution in [-0.2, 0) is 16.0 Å². The number of carbonyl (C=O) groups excluding carboxylic acids is 2. The molecule has 1 aliphatic heterocycles. The van der Waals surface area contributed by atoms with E-state index < -0.39 is 0 Å². The molecule has 27 heavy (non-hydrogen) atoms. The van der Waals surface area contributed by atoms with Crippen LogP contribution in [0.15, 0.2) is 24.3 Å². The van der Waals surface area contributed by atoms with Crippen molar-refractivity contribution in [2.24, 2.45) is 23.5 Å². The maximum absolute atomic E-state index is 12.9. The second-order valence-electron chi connectivity index (χ2n) is 7.95. The Morgan fingerprint density at radius 2 is 1.59 bits per heavy atom. The molecule has 1 heterocycles. The molecule has 2 aliphatic carbocycles. The maximum atomic E-state index is 12.9. The summed E-state index contributed by atoms with van der Waals surface area (Å²) in [7, 11) is 0. The topological polar surface area (TPSA) is 66.6 Å². The van der Waals surface area contributed by atoms with Crippen molar-refractivity contribution >= 4 is 35.8 Å². The molecule has 4 atom stereocenters. The van der Waals surface area contributed by atoms with Crippen molar-refractivity contribution in [3.05, 3.63) is 34.9 Å². The quantitative estimate of drug-likeness (QED) is 0.829. The van der Waals surface area contributed by atoms with Crippen molar-refractivity contribution in [3.8, 4) is 0 Å². The van der Waals surface area contributed by atoms with E-state index in [1.165, 1.54) is 6.42 Å². The van der Waals surface area contributed by atoms with Gasteiger partial charge in [-0.05, 0) is 48.8 Å². The largest absolute Gasteiger partial charge is 0.339 e. The molecule has 0 radical (unpaired) electrons. The lowest BCUT2D eigenvalue weighted by atomic mass is 9.84. The lowest BCUT2D eigenvalue weighted by molar-refractivity contribution is -0.143. The number of fused-ring (bicyclic) bond motifs is 2. The van der Waals surface area contributed by atoms with Crippen LogP contribution in [0.25, 0.3) is 0 Å². The molecule has 0 spiro atoms. The molecule has 3 aliphatic rings. The molecule has 2 bridgehead atoms. The molecular weight excluding hydrogens is 385 g/mol. The second kappa shape index (κ2) is 8.38. The van der Waals surface area contributed by atoms with Gasteiger partial charge in [0, 0.05) is 37.2 Å². The Balaban J connectivity index is 0.00000210. The number of rotatable bonds is 3. The first-order valence-corrected chi connectivity index (χ1v) is 9.97. The van der Waals surface area contributed by atoms with Gasteiger partial charge in [0.25, 0.3) is 0 Å². The van der Waals surface area contributed by atoms with Crippen molar-refractivity contribution < 1.29 is 9.59 Å². The Morgan fingerprint density at radius 3 is 2.19 bits per heavy atom. The zero-order valence-electron chi connectivity index (χ0n) is 15.4. The van der Waals surface area contributed by atoms with Crippen LogP contribution in [0.5, 0.6) is 0 Å². The van der Waals surface area contributed by atoms with Crippen LogP contribution in [-0.4, -0.2) is 53.8 Å². The number of benzene rings is 1. The number of carbonyl (C=O) groups is 2. The van der Waals surface area contributed by atoms with E-state index in [4.69, 9.17) is 17.3 Å². The number of nitrogens with zero attached hydrogens (tertiary/aromatic N) is 2. The van der Waals surface area contributed by atoms with Crippen LogP contribution in [0, 0.1) is 17.8 Å². The molecular formula is C20H27Cl2N3O2. The van der Waals surface area contributed by atoms with Gasteiger partial charge >= 0.3 is 0 Å². The first-order valence-electron chi connectivity index (χ1n) is 9.59. The molecule has 1 aromatic rings. The SMILES string of the molecule is Cl.NC1C2CCC(C2)C1C(=O)N1CCN(C(=O)Cc2ccc(Cl)cc2)CC1. The summed E-state index contributed by atoms with van der Waals surface area (Å²) in [6, 6.07) is 7.41. The van der Waals surface area contributed by atoms with Gasteiger partial charge in [-0.3, -0.25) is 9.59 Å². The van der Waals surface area contributed by atoms with Gasteiger partial charge in [-0.25, -0.2) is 0 Å². The number of halogens is 2. The lowest BCUT2D eigenvalue weighted by Crippen LogP contribution is -2.55. The molecule has 4 rings (SSSR count). The third kappa shape index (κ3) is 4.10. The van der Waals surface area contributed by atoms with Crippen molar-refractivity contribution in [2.45, 2.75) is 31.7 Å². The zero-order chi connectivity index (χ0) is 18.3. The predicted molar refractivity (Wildman–Crippen MR) is 108 cm³/mol. The highest BCUT2D eigenvalue weighted by molar-refractivity contribution is 6.30. The zero-order valence-corrected chi connectivity index (χ0v) is 16.9. The van der Waals surface area contributed by atoms with Crippen LogP contribution in [0.4, 0.5) is 0 Å². The Hall–Kier alpha value is -1.30. The van der Waals surface area contributed by atoms with Crippen LogP contribution in [0.2, 0.25) is 5.02 Å². The minimum absolute atomic E-state index is 0. The van der Waals surface area contributed by atoms with Gasteiger partial charge in [0.2, 0.25) is 11.8 Å². The van der Waals surface area contributed by atoms with Gasteiger partial charge in [-0.2, -0.15) is 0 Å². The van der Waals surface area contributed by atoms with E-state index >= 15 is 0 Å². The van der Waals surface area contributed by atoms with E-state index in [1.54, 1.807) is 12.1 Å². The number of piperazine rings is 1. The summed E-state index contributed by atoms with van der Waals surface area (Å²) in [5.74, 6) is 1.35. The number of hydrogen-bond acceptors (Lipinski definition) is 3. The van der Waals surface area contributed by atoms with E-state index in [1.807, 2.05) is 21.9 Å². The number of nitrogens with two attached hydrogens (primary N) is 1. The Bertz CT molecular complexity index is 687. The van der Waals surface area contributed by atoms with Gasteiger partial charge in [-0.1, -0.05) is 23.7 Å². The molecule has 148 valence electrons. The minimum Gasteiger partial charge on any atom is -0.339 e. The second-order valence-corrected chi connectivity index (χ2v) is 8.38. The molecule has 7 heteroatoms. The van der Waals surface area contributed by atoms with Crippen molar-refractivity contribution in [1.29, 1.82) is 0 Å². The third-order valence-electron chi connectivity index (χ3n) is 6.48. The predicted octanol–water partition coefficient (Wildman–Crippen LogP) is 2.35. The first kappa shape index (κ1) is 20.4. The molecule has 1 aromatic carbocycles. The van der Waals surface area contributed by atoms with Crippen LogP contribution in [0.3, 0.4) is 0 Å². The summed E-state index contributed by atoms with van der Waals surface area (Å²) in [5.41, 5.74) is 7.29. The highest BCUT2D eigenvalue weighted by Gasteiger charge is 2.50. The van der Waals surface area contributed by atoms with E-state index in [9.17, 15) is 9.59 Å². The summed E-state index contributed by atoms with van der Waals surface area (Å²) in [5, 5.41) is 0.673. The maximum Gasteiger partial charge on any atom is 0.227 e. The highest BCUT2D eigenvalue weighted by Crippen LogP contribution is 2.48. The van der Waals surface area contributed by atoms with E-state index in [-0.39, 0.29) is 36.2 Å². The smallest absolute Gasteiger partial charge is 0.227 e. The third-order valence-corrected chi connectivity index (χ3v) is 6.73. The first-order chi connectivity index (χ1) is 12.5. The van der Waals surface area contributed by atoms with E-state index in [2.05, 4.69) is 0 Å². The minimum atomic E-state index is 0. The molecule has 2 amide bonds. The van der Waals surface area contributed by atoms with Crippen molar-refractivity contribution in [3.63, 3.8) is 0 Å². The lowest BCUT2D eigenvalue weighted by Gasteiger charge is -2.38. The fourth-order valence-electron chi connectivity index (χ4n) is 4.98. The van der Waals surface area contributed by atoms with Crippen LogP contribution in [0.1, 0.15) is 24.8 Å². The van der Waals surface area contributed by atoms with Gasteiger partial charge < -0.3 is 15.5 Å². The average Bonchev–Trinajstić information content (AvgIpc) is 3.24. The molecule has 1 saturated heterocycles. The van der Waals surface area contributed by atoms with Gasteiger partial charge in [0.15, 0.2) is 0 Å². The standard InChI is InChI=1S/C20H26ClN3O2.ClH/c21-16-5-1-13(2-6-16)11-17(25)23-7-9-24(10-8-23)20(26)18-14-3-4-15(12-14)19(18)22;/h1-2,5-6,14-15,18-19H,3-4,7-12,22H2;1H. The summed E-state index contributed by atoms with van der Waals surface area (Å²) in [6.45, 7) is 2.44. The summed E-state index contributed by atoms with van der Waals surface area (Å²) in [4.78, 5) is 29.2. The highest BCUT2D eigenvalue weighted by atomic mass is 35.5. The van der Waals surface area contributed by atoms with E-state index in [0.29, 0.717) is 49.5 Å². The molecule has 2 saturated carbocycles. The summed E-state index contributed by atoms with van der Waals surface area (Å²) >= 11 is 5.89. The van der Waals surface area contributed by atoms with Crippen molar-refractivity contribution in [2.75, 3.05) is 26.2 Å². The Labute approximate surface area is 171 Å². The molecule has 2 N–H and O–H groups in total. The van der Waals surface area contributed by atoms with Crippen LogP contribution >= 0.6 is 24.0 Å². The van der Waals surface area contributed by atoms with Gasteiger partial charge in [0.05, 0.1) is 12.3 Å². The normalized spacial score (nSPS) is 29.6. The fourth-order valence-corrected chi connectivity index (χ4v) is 5.10. The fraction of sp³-hybridized carbons (Fsp3) is 0.600. The molecule has 4 unspecified atom stereocenters. The molecule has 0 aromatic heterocycles. The summed E-state index contributed by atoms with van der Waals surface area (Å²) < 4.78 is 0. The van der Waals surface area contributed by atoms with Crippen LogP contribution < -0.4 is 5.73 Å². The summed E-state index contributed by atoms with van der Waals surface area (Å²) in [6.07, 6.45) is 3.83. The van der Waals surface area contributed by atoms with Gasteiger partial charge in [0.1, 0.15) is 0 Å². The number of hydrogen-bond donors (Lipinski definition) is 1. The van der Waals surface area contributed by atoms with E-state index in [0.717, 1.165) is 18.4 Å². The monoisotopic (exact) mass is 411 g/mol. The average molecular weight is 412 g/mol. The Kier molecular flexibility index (Phi) is 6.34. The molecule has 5 nitrogen and oxygen atoms in total. The van der Waals surface area contributed by atoms with Crippen molar-refractivity contribution in [1.82, 2.24) is 9.80 Å². The molecule has 3 fully saturated rings. The van der Waals surface area contributed by atoms with Gasteiger partial charge in [-0.15, -0.1) is 12.4 Å². The Morgan fingerprint density at radius 1 is 1.00 bits per heavy atom.